The molecule has 0 saturated heterocycles. The second-order valence-electron chi connectivity index (χ2n) is 3.27. The number of halogens is 1. The van der Waals surface area contributed by atoms with E-state index in [0.29, 0.717) is 17.7 Å². The third-order valence-corrected chi connectivity index (χ3v) is 3.23. The molecule has 1 aromatic rings. The first-order valence-electron chi connectivity index (χ1n) is 4.76. The van der Waals surface area contributed by atoms with Crippen LogP contribution in [-0.2, 0) is 0 Å². The SMILES string of the molecule is CC/C(C#N)=C(/N)c1cccc(Br)c1C. The van der Waals surface area contributed by atoms with Gasteiger partial charge in [-0.05, 0) is 25.0 Å². The molecule has 0 fully saturated rings. The lowest BCUT2D eigenvalue weighted by Crippen LogP contribution is -2.02. The predicted molar refractivity (Wildman–Crippen MR) is 65.9 cm³/mol. The molecule has 0 bridgehead atoms. The molecule has 2 N–H and O–H groups in total. The van der Waals surface area contributed by atoms with Crippen molar-refractivity contribution in [2.24, 2.45) is 5.73 Å². The Bertz CT molecular complexity index is 441. The predicted octanol–water partition coefficient (Wildman–Crippen LogP) is 3.36. The summed E-state index contributed by atoms with van der Waals surface area (Å²) in [6, 6.07) is 7.95. The zero-order valence-corrected chi connectivity index (χ0v) is 10.4. The summed E-state index contributed by atoms with van der Waals surface area (Å²) < 4.78 is 1.01. The van der Waals surface area contributed by atoms with E-state index in [0.717, 1.165) is 15.6 Å². The maximum atomic E-state index is 8.92. The fourth-order valence-electron chi connectivity index (χ4n) is 1.39. The third kappa shape index (κ3) is 2.40. The topological polar surface area (TPSA) is 49.8 Å². The number of nitriles is 1. The highest BCUT2D eigenvalue weighted by atomic mass is 79.9. The average molecular weight is 265 g/mol. The van der Waals surface area contributed by atoms with Crippen LogP contribution in [0.4, 0.5) is 0 Å². The molecule has 0 saturated carbocycles. The van der Waals surface area contributed by atoms with Crippen molar-refractivity contribution in [3.05, 3.63) is 39.4 Å². The Morgan fingerprint density at radius 3 is 2.73 bits per heavy atom. The molecule has 0 atom stereocenters. The van der Waals surface area contributed by atoms with Gasteiger partial charge >= 0.3 is 0 Å². The molecule has 0 aliphatic heterocycles. The molecule has 0 unspecified atom stereocenters. The molecule has 0 heterocycles. The molecule has 0 aromatic heterocycles. The van der Waals surface area contributed by atoms with Gasteiger partial charge in [-0.15, -0.1) is 0 Å². The number of hydrogen-bond donors (Lipinski definition) is 1. The molecule has 1 rings (SSSR count). The van der Waals surface area contributed by atoms with E-state index in [9.17, 15) is 0 Å². The third-order valence-electron chi connectivity index (χ3n) is 2.37. The van der Waals surface area contributed by atoms with Gasteiger partial charge in [-0.1, -0.05) is 35.0 Å². The van der Waals surface area contributed by atoms with Crippen LogP contribution < -0.4 is 5.73 Å². The molecular formula is C12H13BrN2. The summed E-state index contributed by atoms with van der Waals surface area (Å²) in [4.78, 5) is 0. The molecule has 2 nitrogen and oxygen atoms in total. The van der Waals surface area contributed by atoms with Crippen molar-refractivity contribution >= 4 is 21.6 Å². The van der Waals surface area contributed by atoms with E-state index in [-0.39, 0.29) is 0 Å². The van der Waals surface area contributed by atoms with Crippen LogP contribution in [0.2, 0.25) is 0 Å². The van der Waals surface area contributed by atoms with E-state index in [1.807, 2.05) is 32.0 Å². The maximum absolute atomic E-state index is 8.92. The highest BCUT2D eigenvalue weighted by Gasteiger charge is 2.08. The van der Waals surface area contributed by atoms with Gasteiger partial charge in [0.05, 0.1) is 17.3 Å². The van der Waals surface area contributed by atoms with Gasteiger partial charge in [0.1, 0.15) is 0 Å². The molecule has 0 radical (unpaired) electrons. The summed E-state index contributed by atoms with van der Waals surface area (Å²) in [6.45, 7) is 3.91. The number of rotatable bonds is 2. The van der Waals surface area contributed by atoms with Gasteiger partial charge in [-0.2, -0.15) is 5.26 Å². The lowest BCUT2D eigenvalue weighted by Gasteiger charge is -2.09. The van der Waals surface area contributed by atoms with Crippen molar-refractivity contribution < 1.29 is 0 Å². The smallest absolute Gasteiger partial charge is 0.0968 e. The molecule has 78 valence electrons. The van der Waals surface area contributed by atoms with Crippen LogP contribution in [0.1, 0.15) is 24.5 Å². The van der Waals surface area contributed by atoms with Crippen molar-refractivity contribution in [2.45, 2.75) is 20.3 Å². The van der Waals surface area contributed by atoms with Crippen LogP contribution in [0.5, 0.6) is 0 Å². The normalized spacial score (nSPS) is 11.9. The summed E-state index contributed by atoms with van der Waals surface area (Å²) in [6.07, 6.45) is 0.661. The zero-order chi connectivity index (χ0) is 11.4. The van der Waals surface area contributed by atoms with Gasteiger partial charge in [-0.25, -0.2) is 0 Å². The Labute approximate surface area is 98.5 Å². The lowest BCUT2D eigenvalue weighted by molar-refractivity contribution is 1.14. The quantitative estimate of drug-likeness (QED) is 0.833. The van der Waals surface area contributed by atoms with E-state index >= 15 is 0 Å². The maximum Gasteiger partial charge on any atom is 0.0968 e. The monoisotopic (exact) mass is 264 g/mol. The Balaban J connectivity index is 3.35. The van der Waals surface area contributed by atoms with Crippen molar-refractivity contribution in [3.63, 3.8) is 0 Å². The molecule has 0 amide bonds. The number of nitrogens with zero attached hydrogens (tertiary/aromatic N) is 1. The van der Waals surface area contributed by atoms with Crippen molar-refractivity contribution in [1.29, 1.82) is 5.26 Å². The van der Waals surface area contributed by atoms with Crippen LogP contribution in [0.15, 0.2) is 28.2 Å². The van der Waals surface area contributed by atoms with Gasteiger partial charge in [0.25, 0.3) is 0 Å². The highest BCUT2D eigenvalue weighted by molar-refractivity contribution is 9.10. The van der Waals surface area contributed by atoms with E-state index < -0.39 is 0 Å². The Morgan fingerprint density at radius 1 is 1.53 bits per heavy atom. The van der Waals surface area contributed by atoms with Crippen LogP contribution in [-0.4, -0.2) is 0 Å². The van der Waals surface area contributed by atoms with Crippen molar-refractivity contribution in [1.82, 2.24) is 0 Å². The van der Waals surface area contributed by atoms with Gasteiger partial charge in [0, 0.05) is 10.0 Å². The van der Waals surface area contributed by atoms with E-state index in [2.05, 4.69) is 22.0 Å². The Kier molecular flexibility index (Phi) is 3.93. The number of benzene rings is 1. The molecule has 1 aromatic carbocycles. The van der Waals surface area contributed by atoms with Gasteiger partial charge in [0.2, 0.25) is 0 Å². The van der Waals surface area contributed by atoms with E-state index in [4.69, 9.17) is 11.0 Å². The second-order valence-corrected chi connectivity index (χ2v) is 4.12. The largest absolute Gasteiger partial charge is 0.397 e. The lowest BCUT2D eigenvalue weighted by atomic mass is 10.0. The van der Waals surface area contributed by atoms with Crippen molar-refractivity contribution in [3.8, 4) is 6.07 Å². The van der Waals surface area contributed by atoms with E-state index in [1.54, 1.807) is 0 Å². The zero-order valence-electron chi connectivity index (χ0n) is 8.84. The first kappa shape index (κ1) is 11.8. The standard InChI is InChI=1S/C12H13BrN2/c1-3-9(7-14)12(15)10-5-4-6-11(13)8(10)2/h4-6H,3,15H2,1-2H3/b12-9-. The minimum Gasteiger partial charge on any atom is -0.397 e. The van der Waals surface area contributed by atoms with Crippen LogP contribution in [0.25, 0.3) is 5.70 Å². The summed E-state index contributed by atoms with van der Waals surface area (Å²) in [7, 11) is 0. The fourth-order valence-corrected chi connectivity index (χ4v) is 1.76. The second kappa shape index (κ2) is 4.99. The van der Waals surface area contributed by atoms with Gasteiger partial charge < -0.3 is 5.73 Å². The molecular weight excluding hydrogens is 252 g/mol. The van der Waals surface area contributed by atoms with Crippen molar-refractivity contribution in [2.75, 3.05) is 0 Å². The summed E-state index contributed by atoms with van der Waals surface area (Å²) in [5.74, 6) is 0. The highest BCUT2D eigenvalue weighted by Crippen LogP contribution is 2.25. The first-order valence-corrected chi connectivity index (χ1v) is 5.55. The van der Waals surface area contributed by atoms with Crippen LogP contribution in [0.3, 0.4) is 0 Å². The summed E-state index contributed by atoms with van der Waals surface area (Å²) in [5.41, 5.74) is 9.18. The van der Waals surface area contributed by atoms with Gasteiger partial charge in [-0.3, -0.25) is 0 Å². The molecule has 3 heteroatoms. The molecule has 0 spiro atoms. The summed E-state index contributed by atoms with van der Waals surface area (Å²) in [5, 5.41) is 8.92. The van der Waals surface area contributed by atoms with E-state index in [1.165, 1.54) is 0 Å². The number of allylic oxidation sites excluding steroid dienone is 1. The Morgan fingerprint density at radius 2 is 2.20 bits per heavy atom. The molecule has 15 heavy (non-hydrogen) atoms. The van der Waals surface area contributed by atoms with Gasteiger partial charge in [0.15, 0.2) is 0 Å². The minimum absolute atomic E-state index is 0.582. The summed E-state index contributed by atoms with van der Waals surface area (Å²) >= 11 is 3.45. The van der Waals surface area contributed by atoms with Crippen LogP contribution in [0, 0.1) is 18.3 Å². The fraction of sp³-hybridized carbons (Fsp3) is 0.250. The molecule has 0 aliphatic rings. The van der Waals surface area contributed by atoms with Crippen LogP contribution >= 0.6 is 15.9 Å². The Hall–Kier alpha value is -1.27. The number of nitrogens with two attached hydrogens (primary N) is 1. The first-order chi connectivity index (χ1) is 7.11. The number of hydrogen-bond acceptors (Lipinski definition) is 2. The average Bonchev–Trinajstić information content (AvgIpc) is 2.23. The minimum atomic E-state index is 0.582. The molecule has 0 aliphatic carbocycles.